The Morgan fingerprint density at radius 3 is 2.44 bits per heavy atom. The van der Waals surface area contributed by atoms with Crippen molar-refractivity contribution >= 4 is 0 Å². The molecule has 0 radical (unpaired) electrons. The summed E-state index contributed by atoms with van der Waals surface area (Å²) in [6.45, 7) is 11.6. The second kappa shape index (κ2) is 5.99. The summed E-state index contributed by atoms with van der Waals surface area (Å²) >= 11 is 0. The highest BCUT2D eigenvalue weighted by Gasteiger charge is 2.21. The molecule has 0 amide bonds. The molecule has 1 aromatic rings. The van der Waals surface area contributed by atoms with Crippen molar-refractivity contribution in [2.24, 2.45) is 11.8 Å². The molecule has 0 aliphatic rings. The van der Waals surface area contributed by atoms with E-state index in [2.05, 4.69) is 43.2 Å². The van der Waals surface area contributed by atoms with E-state index < -0.39 is 0 Å². The van der Waals surface area contributed by atoms with Gasteiger partial charge in [0, 0.05) is 0 Å². The van der Waals surface area contributed by atoms with Crippen molar-refractivity contribution in [2.45, 2.75) is 47.1 Å². The molecule has 2 unspecified atom stereocenters. The van der Waals surface area contributed by atoms with E-state index in [1.807, 2.05) is 6.92 Å². The van der Waals surface area contributed by atoms with E-state index in [-0.39, 0.29) is 6.04 Å². The molecule has 0 aliphatic carbocycles. The van der Waals surface area contributed by atoms with E-state index in [1.54, 1.807) is 0 Å². The summed E-state index contributed by atoms with van der Waals surface area (Å²) in [6, 6.07) is 0.162. The Kier molecular flexibility index (Phi) is 4.93. The molecule has 1 heterocycles. The first-order chi connectivity index (χ1) is 7.54. The summed E-state index contributed by atoms with van der Waals surface area (Å²) in [6.07, 6.45) is 1.18. The first-order valence-electron chi connectivity index (χ1n) is 6.08. The summed E-state index contributed by atoms with van der Waals surface area (Å²) in [5.41, 5.74) is 0. The lowest BCUT2D eigenvalue weighted by Gasteiger charge is -2.20. The molecular formula is C12H23N3O. The van der Waals surface area contributed by atoms with Crippen LogP contribution in [0.5, 0.6) is 0 Å². The van der Waals surface area contributed by atoms with Crippen molar-refractivity contribution in [3.05, 3.63) is 11.7 Å². The quantitative estimate of drug-likeness (QED) is 0.808. The lowest BCUT2D eigenvalue weighted by atomic mass is 10.0. The van der Waals surface area contributed by atoms with Crippen molar-refractivity contribution in [3.63, 3.8) is 0 Å². The standard InChI is InChI=1S/C12H23N3O/c1-6-9(4)7-13-11(8(2)3)12-14-10(5)15-16-12/h8-9,11,13H,6-7H2,1-5H3. The lowest BCUT2D eigenvalue weighted by Crippen LogP contribution is -2.29. The summed E-state index contributed by atoms with van der Waals surface area (Å²) in [5.74, 6) is 2.52. The molecule has 0 saturated carbocycles. The minimum Gasteiger partial charge on any atom is -0.338 e. The third-order valence-corrected chi connectivity index (χ3v) is 2.86. The van der Waals surface area contributed by atoms with E-state index in [0.29, 0.717) is 23.6 Å². The Bertz CT molecular complexity index is 309. The van der Waals surface area contributed by atoms with Crippen molar-refractivity contribution in [2.75, 3.05) is 6.54 Å². The highest BCUT2D eigenvalue weighted by Crippen LogP contribution is 2.20. The monoisotopic (exact) mass is 225 g/mol. The van der Waals surface area contributed by atoms with Gasteiger partial charge >= 0.3 is 0 Å². The normalized spacial score (nSPS) is 15.4. The second-order valence-corrected chi connectivity index (χ2v) is 4.82. The van der Waals surface area contributed by atoms with Gasteiger partial charge in [-0.25, -0.2) is 0 Å². The fraction of sp³-hybridized carbons (Fsp3) is 0.833. The van der Waals surface area contributed by atoms with Crippen molar-refractivity contribution in [1.82, 2.24) is 15.5 Å². The lowest BCUT2D eigenvalue weighted by molar-refractivity contribution is 0.278. The third kappa shape index (κ3) is 3.59. The van der Waals surface area contributed by atoms with E-state index in [1.165, 1.54) is 6.42 Å². The van der Waals surface area contributed by atoms with Crippen LogP contribution in [0.15, 0.2) is 4.52 Å². The summed E-state index contributed by atoms with van der Waals surface area (Å²) in [5, 5.41) is 7.34. The van der Waals surface area contributed by atoms with Crippen LogP contribution >= 0.6 is 0 Å². The highest BCUT2D eigenvalue weighted by molar-refractivity contribution is 4.93. The smallest absolute Gasteiger partial charge is 0.244 e. The summed E-state index contributed by atoms with van der Waals surface area (Å²) in [7, 11) is 0. The fourth-order valence-electron chi connectivity index (χ4n) is 1.52. The molecule has 4 nitrogen and oxygen atoms in total. The Hall–Kier alpha value is -0.900. The summed E-state index contributed by atoms with van der Waals surface area (Å²) < 4.78 is 5.23. The van der Waals surface area contributed by atoms with Crippen LogP contribution in [0.1, 0.15) is 51.9 Å². The first kappa shape index (κ1) is 13.2. The molecule has 0 spiro atoms. The average Bonchev–Trinajstić information content (AvgIpc) is 2.64. The van der Waals surface area contributed by atoms with E-state index >= 15 is 0 Å². The molecule has 0 saturated heterocycles. The maximum atomic E-state index is 5.23. The molecule has 0 bridgehead atoms. The van der Waals surface area contributed by atoms with Crippen molar-refractivity contribution in [1.29, 1.82) is 0 Å². The number of hydrogen-bond acceptors (Lipinski definition) is 4. The SMILES string of the molecule is CCC(C)CNC(c1nc(C)no1)C(C)C. The molecule has 0 aromatic carbocycles. The van der Waals surface area contributed by atoms with Crippen LogP contribution < -0.4 is 5.32 Å². The Morgan fingerprint density at radius 2 is 2.00 bits per heavy atom. The topological polar surface area (TPSA) is 51.0 Å². The predicted octanol–water partition coefficient (Wildman–Crippen LogP) is 2.71. The Labute approximate surface area is 97.8 Å². The van der Waals surface area contributed by atoms with Crippen LogP contribution in [0, 0.1) is 18.8 Å². The minimum absolute atomic E-state index is 0.162. The van der Waals surface area contributed by atoms with Gasteiger partial charge in [0.25, 0.3) is 0 Å². The van der Waals surface area contributed by atoms with Crippen LogP contribution in [0.4, 0.5) is 0 Å². The van der Waals surface area contributed by atoms with E-state index in [4.69, 9.17) is 4.52 Å². The number of aryl methyl sites for hydroxylation is 1. The predicted molar refractivity (Wildman–Crippen MR) is 64.1 cm³/mol. The van der Waals surface area contributed by atoms with Gasteiger partial charge in [-0.3, -0.25) is 0 Å². The van der Waals surface area contributed by atoms with Gasteiger partial charge in [0.1, 0.15) is 0 Å². The van der Waals surface area contributed by atoms with Gasteiger partial charge in [-0.2, -0.15) is 4.98 Å². The van der Waals surface area contributed by atoms with Gasteiger partial charge in [-0.05, 0) is 25.3 Å². The van der Waals surface area contributed by atoms with Gasteiger partial charge < -0.3 is 9.84 Å². The molecule has 1 N–H and O–H groups in total. The molecule has 92 valence electrons. The number of aromatic nitrogens is 2. The van der Waals surface area contributed by atoms with Gasteiger partial charge in [-0.15, -0.1) is 0 Å². The molecule has 2 atom stereocenters. The zero-order valence-corrected chi connectivity index (χ0v) is 10.9. The minimum atomic E-state index is 0.162. The van der Waals surface area contributed by atoms with Crippen molar-refractivity contribution in [3.8, 4) is 0 Å². The van der Waals surface area contributed by atoms with Crippen LogP contribution in [-0.2, 0) is 0 Å². The van der Waals surface area contributed by atoms with E-state index in [0.717, 1.165) is 6.54 Å². The van der Waals surface area contributed by atoms with Gasteiger partial charge in [0.2, 0.25) is 5.89 Å². The maximum absolute atomic E-state index is 5.23. The second-order valence-electron chi connectivity index (χ2n) is 4.82. The molecule has 4 heteroatoms. The average molecular weight is 225 g/mol. The maximum Gasteiger partial charge on any atom is 0.244 e. The molecular weight excluding hydrogens is 202 g/mol. The third-order valence-electron chi connectivity index (χ3n) is 2.86. The molecule has 1 aromatic heterocycles. The van der Waals surface area contributed by atoms with Crippen LogP contribution in [-0.4, -0.2) is 16.7 Å². The zero-order chi connectivity index (χ0) is 12.1. The van der Waals surface area contributed by atoms with Crippen LogP contribution in [0.2, 0.25) is 0 Å². The van der Waals surface area contributed by atoms with Gasteiger partial charge in [0.05, 0.1) is 6.04 Å². The zero-order valence-electron chi connectivity index (χ0n) is 10.9. The molecule has 1 rings (SSSR count). The molecule has 0 aliphatic heterocycles. The van der Waals surface area contributed by atoms with Gasteiger partial charge in [0.15, 0.2) is 5.82 Å². The fourth-order valence-corrected chi connectivity index (χ4v) is 1.52. The number of hydrogen-bond donors (Lipinski definition) is 1. The number of nitrogens with zero attached hydrogens (tertiary/aromatic N) is 2. The molecule has 16 heavy (non-hydrogen) atoms. The Balaban J connectivity index is 2.61. The Morgan fingerprint density at radius 1 is 1.31 bits per heavy atom. The van der Waals surface area contributed by atoms with Crippen LogP contribution in [0.3, 0.4) is 0 Å². The first-order valence-corrected chi connectivity index (χ1v) is 6.08. The van der Waals surface area contributed by atoms with E-state index in [9.17, 15) is 0 Å². The number of rotatable bonds is 6. The summed E-state index contributed by atoms with van der Waals surface area (Å²) in [4.78, 5) is 4.30. The largest absolute Gasteiger partial charge is 0.338 e. The highest BCUT2D eigenvalue weighted by atomic mass is 16.5. The van der Waals surface area contributed by atoms with Crippen molar-refractivity contribution < 1.29 is 4.52 Å². The molecule has 0 fully saturated rings. The number of nitrogens with one attached hydrogen (secondary N) is 1. The van der Waals surface area contributed by atoms with Crippen LogP contribution in [0.25, 0.3) is 0 Å². The van der Waals surface area contributed by atoms with Gasteiger partial charge in [-0.1, -0.05) is 39.3 Å².